The van der Waals surface area contributed by atoms with Gasteiger partial charge in [-0.15, -0.1) is 0 Å². The number of rotatable bonds is 11. The predicted octanol–water partition coefficient (Wildman–Crippen LogP) is 2.04. The molecule has 27 heavy (non-hydrogen) atoms. The molecule has 0 saturated carbocycles. The molecule has 6 heteroatoms. The number of ether oxygens (including phenoxy) is 2. The maximum atomic E-state index is 5.48. The molecular formula is C21H36N4O2. The lowest BCUT2D eigenvalue weighted by molar-refractivity contribution is 0.0698. The Kier molecular flexibility index (Phi) is 10.2. The van der Waals surface area contributed by atoms with Crippen LogP contribution in [0.15, 0.2) is 29.3 Å². The number of guanidine groups is 1. The van der Waals surface area contributed by atoms with Crippen LogP contribution in [0.1, 0.15) is 30.9 Å². The second kappa shape index (κ2) is 12.7. The maximum absolute atomic E-state index is 5.48. The molecule has 6 nitrogen and oxygen atoms in total. The molecule has 1 atom stereocenters. The van der Waals surface area contributed by atoms with E-state index in [9.17, 15) is 0 Å². The smallest absolute Gasteiger partial charge is 0.191 e. The molecule has 2 N–H and O–H groups in total. The predicted molar refractivity (Wildman–Crippen MR) is 111 cm³/mol. The summed E-state index contributed by atoms with van der Waals surface area (Å²) in [7, 11) is 3.51. The van der Waals surface area contributed by atoms with Gasteiger partial charge < -0.3 is 20.1 Å². The van der Waals surface area contributed by atoms with Crippen LogP contribution in [0.5, 0.6) is 0 Å². The van der Waals surface area contributed by atoms with E-state index >= 15 is 0 Å². The van der Waals surface area contributed by atoms with Crippen molar-refractivity contribution in [2.45, 2.75) is 38.8 Å². The zero-order valence-corrected chi connectivity index (χ0v) is 17.2. The third-order valence-electron chi connectivity index (χ3n) is 5.07. The van der Waals surface area contributed by atoms with Gasteiger partial charge in [0.05, 0.1) is 13.2 Å². The normalized spacial score (nSPS) is 16.0. The molecule has 1 aromatic rings. The zero-order valence-electron chi connectivity index (χ0n) is 17.2. The summed E-state index contributed by atoms with van der Waals surface area (Å²) in [5.74, 6) is 0.864. The largest absolute Gasteiger partial charge is 0.382 e. The maximum Gasteiger partial charge on any atom is 0.191 e. The molecule has 0 spiro atoms. The molecule has 0 aliphatic carbocycles. The lowest BCUT2D eigenvalue weighted by Gasteiger charge is -2.35. The Morgan fingerprint density at radius 1 is 1.19 bits per heavy atom. The van der Waals surface area contributed by atoms with Gasteiger partial charge in [-0.2, -0.15) is 0 Å². The van der Waals surface area contributed by atoms with Crippen LogP contribution >= 0.6 is 0 Å². The third kappa shape index (κ3) is 7.48. The number of benzene rings is 1. The molecule has 152 valence electrons. The molecule has 2 rings (SSSR count). The van der Waals surface area contributed by atoms with Gasteiger partial charge in [0.2, 0.25) is 0 Å². The summed E-state index contributed by atoms with van der Waals surface area (Å²) in [6.07, 6.45) is 3.22. The first-order valence-electron chi connectivity index (χ1n) is 10.1. The van der Waals surface area contributed by atoms with Gasteiger partial charge in [0.25, 0.3) is 0 Å². The number of methoxy groups -OCH3 is 1. The van der Waals surface area contributed by atoms with E-state index in [1.54, 1.807) is 7.11 Å². The summed E-state index contributed by atoms with van der Waals surface area (Å²) in [5, 5.41) is 6.86. The average molecular weight is 377 g/mol. The van der Waals surface area contributed by atoms with Crippen LogP contribution in [0.3, 0.4) is 0 Å². The minimum Gasteiger partial charge on any atom is -0.382 e. The molecule has 0 radical (unpaired) electrons. The number of aliphatic imine (C=N–C) groups is 1. The number of fused-ring (bicyclic) bond motifs is 1. The highest BCUT2D eigenvalue weighted by Crippen LogP contribution is 2.21. The molecule has 0 saturated heterocycles. The van der Waals surface area contributed by atoms with Gasteiger partial charge in [0.1, 0.15) is 0 Å². The Hall–Kier alpha value is -1.63. The van der Waals surface area contributed by atoms with Crippen molar-refractivity contribution < 1.29 is 9.47 Å². The fourth-order valence-corrected chi connectivity index (χ4v) is 3.42. The molecular weight excluding hydrogens is 340 g/mol. The van der Waals surface area contributed by atoms with E-state index in [2.05, 4.69) is 51.7 Å². The molecule has 1 unspecified atom stereocenters. The summed E-state index contributed by atoms with van der Waals surface area (Å²) in [4.78, 5) is 6.93. The van der Waals surface area contributed by atoms with Crippen LogP contribution in [0.25, 0.3) is 0 Å². The Morgan fingerprint density at radius 2 is 2.00 bits per heavy atom. The van der Waals surface area contributed by atoms with Crippen molar-refractivity contribution in [1.82, 2.24) is 15.5 Å². The van der Waals surface area contributed by atoms with Crippen molar-refractivity contribution in [3.63, 3.8) is 0 Å². The molecule has 1 aromatic carbocycles. The summed E-state index contributed by atoms with van der Waals surface area (Å²) < 4.78 is 10.4. The SMILES string of the molecule is CCC(CNC(=NC)NCCCOCCOC)N1CCc2ccccc2C1. The zero-order chi connectivity index (χ0) is 19.3. The first-order chi connectivity index (χ1) is 13.3. The van der Waals surface area contributed by atoms with E-state index in [0.717, 1.165) is 58.0 Å². The van der Waals surface area contributed by atoms with Crippen molar-refractivity contribution in [2.75, 3.05) is 53.6 Å². The topological polar surface area (TPSA) is 58.1 Å². The minimum atomic E-state index is 0.509. The van der Waals surface area contributed by atoms with Crippen LogP contribution in [0.2, 0.25) is 0 Å². The van der Waals surface area contributed by atoms with Gasteiger partial charge in [0.15, 0.2) is 5.96 Å². The van der Waals surface area contributed by atoms with Gasteiger partial charge in [0, 0.05) is 53.0 Å². The second-order valence-electron chi connectivity index (χ2n) is 6.89. The van der Waals surface area contributed by atoms with Crippen molar-refractivity contribution in [3.05, 3.63) is 35.4 Å². The third-order valence-corrected chi connectivity index (χ3v) is 5.07. The summed E-state index contributed by atoms with van der Waals surface area (Å²) >= 11 is 0. The second-order valence-corrected chi connectivity index (χ2v) is 6.89. The monoisotopic (exact) mass is 376 g/mol. The number of hydrogen-bond acceptors (Lipinski definition) is 4. The summed E-state index contributed by atoms with van der Waals surface area (Å²) in [6, 6.07) is 9.32. The Bertz CT molecular complexity index is 565. The molecule has 0 amide bonds. The Morgan fingerprint density at radius 3 is 2.74 bits per heavy atom. The molecule has 1 aliphatic heterocycles. The highest BCUT2D eigenvalue weighted by molar-refractivity contribution is 5.79. The summed E-state index contributed by atoms with van der Waals surface area (Å²) in [6.45, 7) is 8.22. The quantitative estimate of drug-likeness (QED) is 0.352. The highest BCUT2D eigenvalue weighted by atomic mass is 16.5. The van der Waals surface area contributed by atoms with Crippen molar-refractivity contribution in [3.8, 4) is 0 Å². The highest BCUT2D eigenvalue weighted by Gasteiger charge is 2.22. The fourth-order valence-electron chi connectivity index (χ4n) is 3.42. The number of nitrogens with zero attached hydrogens (tertiary/aromatic N) is 2. The fraction of sp³-hybridized carbons (Fsp3) is 0.667. The van der Waals surface area contributed by atoms with Gasteiger partial charge in [-0.1, -0.05) is 31.2 Å². The number of hydrogen-bond donors (Lipinski definition) is 2. The lowest BCUT2D eigenvalue weighted by Crippen LogP contribution is -2.48. The Balaban J connectivity index is 1.69. The van der Waals surface area contributed by atoms with Crippen LogP contribution in [-0.4, -0.2) is 70.5 Å². The van der Waals surface area contributed by atoms with Gasteiger partial charge in [-0.05, 0) is 30.4 Å². The van der Waals surface area contributed by atoms with Crippen molar-refractivity contribution in [1.29, 1.82) is 0 Å². The molecule has 1 heterocycles. The number of nitrogens with one attached hydrogen (secondary N) is 2. The van der Waals surface area contributed by atoms with Crippen LogP contribution in [-0.2, 0) is 22.4 Å². The molecule has 0 aromatic heterocycles. The molecule has 0 fully saturated rings. The van der Waals surface area contributed by atoms with E-state index in [1.807, 2.05) is 7.05 Å². The minimum absolute atomic E-state index is 0.509. The van der Waals surface area contributed by atoms with E-state index in [4.69, 9.17) is 9.47 Å². The van der Waals surface area contributed by atoms with E-state index < -0.39 is 0 Å². The van der Waals surface area contributed by atoms with Crippen LogP contribution in [0, 0.1) is 0 Å². The van der Waals surface area contributed by atoms with Crippen molar-refractivity contribution in [2.24, 2.45) is 4.99 Å². The van der Waals surface area contributed by atoms with E-state index in [-0.39, 0.29) is 0 Å². The Labute approximate surface area is 164 Å². The van der Waals surface area contributed by atoms with Gasteiger partial charge in [-0.3, -0.25) is 9.89 Å². The molecule has 1 aliphatic rings. The standard InChI is InChI=1S/C21H36N4O2/c1-4-20(25-12-10-18-8-5-6-9-19(18)17-25)16-24-21(22-2)23-11-7-13-27-15-14-26-3/h5-6,8-9,20H,4,7,10-17H2,1-3H3,(H2,22,23,24). The summed E-state index contributed by atoms with van der Waals surface area (Å²) in [5.41, 5.74) is 2.97. The van der Waals surface area contributed by atoms with E-state index in [1.165, 1.54) is 11.1 Å². The first-order valence-corrected chi connectivity index (χ1v) is 10.1. The van der Waals surface area contributed by atoms with Gasteiger partial charge >= 0.3 is 0 Å². The van der Waals surface area contributed by atoms with Crippen LogP contribution < -0.4 is 10.6 Å². The average Bonchev–Trinajstić information content (AvgIpc) is 2.71. The van der Waals surface area contributed by atoms with Crippen molar-refractivity contribution >= 4 is 5.96 Å². The molecule has 0 bridgehead atoms. The van der Waals surface area contributed by atoms with Gasteiger partial charge in [-0.25, -0.2) is 0 Å². The first kappa shape index (κ1) is 21.7. The van der Waals surface area contributed by atoms with E-state index in [0.29, 0.717) is 19.3 Å². The lowest BCUT2D eigenvalue weighted by atomic mass is 9.98. The van der Waals surface area contributed by atoms with Crippen LogP contribution in [0.4, 0.5) is 0 Å².